The van der Waals surface area contributed by atoms with Crippen molar-refractivity contribution < 1.29 is 27.2 Å². The van der Waals surface area contributed by atoms with Crippen molar-refractivity contribution in [2.75, 3.05) is 4.90 Å². The molecule has 0 aliphatic carbocycles. The van der Waals surface area contributed by atoms with Gasteiger partial charge < -0.3 is 18.7 Å². The Bertz CT molecular complexity index is 1430. The van der Waals surface area contributed by atoms with Crippen molar-refractivity contribution in [2.24, 2.45) is 5.92 Å². The van der Waals surface area contributed by atoms with Gasteiger partial charge in [0, 0.05) is 5.69 Å². The summed E-state index contributed by atoms with van der Waals surface area (Å²) in [4.78, 5) is 15.1. The summed E-state index contributed by atoms with van der Waals surface area (Å²) in [7, 11) is 0. The van der Waals surface area contributed by atoms with Gasteiger partial charge in [-0.15, -0.1) is 0 Å². The maximum Gasteiger partial charge on any atom is 0.233 e. The van der Waals surface area contributed by atoms with Crippen molar-refractivity contribution in [1.82, 2.24) is 0 Å². The van der Waals surface area contributed by atoms with Crippen molar-refractivity contribution in [3.05, 3.63) is 120 Å². The van der Waals surface area contributed by atoms with Crippen LogP contribution >= 0.6 is 0 Å². The monoisotopic (exact) mass is 530 g/mol. The Labute approximate surface area is 222 Å². The summed E-state index contributed by atoms with van der Waals surface area (Å²) in [6, 6.07) is 29.6. The van der Waals surface area contributed by atoms with Gasteiger partial charge in [0.2, 0.25) is 5.91 Å². The minimum Gasteiger partial charge on any atom is -0.740 e. The molecule has 1 unspecified atom stereocenters. The molecule has 8 heteroatoms. The number of aliphatic hydroxyl groups excluding tert-OH is 1. The summed E-state index contributed by atoms with van der Waals surface area (Å²) >= 11 is -2.66. The second-order valence-corrected chi connectivity index (χ2v) is 9.75. The molecule has 1 saturated heterocycles. The number of anilines is 1. The lowest BCUT2D eigenvalue weighted by atomic mass is 9.78. The van der Waals surface area contributed by atoms with E-state index in [4.69, 9.17) is 4.18 Å². The van der Waals surface area contributed by atoms with Crippen LogP contribution in [0.1, 0.15) is 36.1 Å². The molecular weight excluding hydrogens is 505 g/mol. The third-order valence-corrected chi connectivity index (χ3v) is 7.17. The predicted molar refractivity (Wildman–Crippen MR) is 142 cm³/mol. The first kappa shape index (κ1) is 25.8. The van der Waals surface area contributed by atoms with Crippen LogP contribution in [0.25, 0.3) is 11.1 Å². The highest BCUT2D eigenvalue weighted by Gasteiger charge is 2.48. The molecule has 1 amide bonds. The molecule has 0 aromatic heterocycles. The van der Waals surface area contributed by atoms with E-state index in [0.717, 1.165) is 22.4 Å². The molecule has 38 heavy (non-hydrogen) atoms. The number of carbonyl (C=O) groups is 1. The predicted octanol–water partition coefficient (Wildman–Crippen LogP) is 5.88. The summed E-state index contributed by atoms with van der Waals surface area (Å²) in [6.07, 6.45) is 0.0431. The van der Waals surface area contributed by atoms with E-state index in [9.17, 15) is 23.1 Å². The smallest absolute Gasteiger partial charge is 0.233 e. The molecule has 1 aliphatic heterocycles. The minimum absolute atomic E-state index is 0.00736. The first-order valence-electron chi connectivity index (χ1n) is 12.2. The Morgan fingerprint density at radius 1 is 0.921 bits per heavy atom. The molecule has 194 valence electrons. The molecular formula is C30H25FNO5S-. The van der Waals surface area contributed by atoms with E-state index >= 15 is 0 Å². The highest BCUT2D eigenvalue weighted by molar-refractivity contribution is 7.74. The molecule has 4 atom stereocenters. The molecule has 4 aromatic rings. The topological polar surface area (TPSA) is 89.9 Å². The summed E-state index contributed by atoms with van der Waals surface area (Å²) in [5.41, 5.74) is 4.04. The number of carbonyl (C=O) groups excluding carboxylic acids is 1. The minimum atomic E-state index is -2.66. The van der Waals surface area contributed by atoms with Crippen LogP contribution in [0.2, 0.25) is 0 Å². The summed E-state index contributed by atoms with van der Waals surface area (Å²) in [6.45, 7) is 0. The zero-order valence-electron chi connectivity index (χ0n) is 20.3. The number of amides is 1. The van der Waals surface area contributed by atoms with Gasteiger partial charge in [0.25, 0.3) is 0 Å². The number of hydrogen-bond donors (Lipinski definition) is 1. The van der Waals surface area contributed by atoms with E-state index in [-0.39, 0.29) is 29.4 Å². The first-order chi connectivity index (χ1) is 18.4. The standard InChI is InChI=1S/C30H26FNO5S/c31-24-15-13-21(14-16-24)28(33)18-17-27-29(32(30(27)34)25-6-2-1-3-7-25)22-11-9-20(10-12-22)23-5-4-8-26(19-23)37-38(35)36/h1-16,19,27-29,33H,17-18H2,(H,35,36)/p-1/t27-,28+,29-/m1/s1. The highest BCUT2D eigenvalue weighted by atomic mass is 32.2. The lowest BCUT2D eigenvalue weighted by molar-refractivity contribution is -0.131. The van der Waals surface area contributed by atoms with Crippen LogP contribution < -0.4 is 9.08 Å². The van der Waals surface area contributed by atoms with Crippen LogP contribution in [0.15, 0.2) is 103 Å². The third kappa shape index (κ3) is 5.52. The van der Waals surface area contributed by atoms with Crippen LogP contribution in [0.4, 0.5) is 10.1 Å². The fourth-order valence-corrected chi connectivity index (χ4v) is 5.22. The molecule has 0 spiro atoms. The van der Waals surface area contributed by atoms with Gasteiger partial charge in [-0.3, -0.25) is 4.79 Å². The number of benzene rings is 4. The average molecular weight is 531 g/mol. The van der Waals surface area contributed by atoms with Crippen LogP contribution in [0, 0.1) is 11.7 Å². The number of rotatable bonds is 9. The van der Waals surface area contributed by atoms with Gasteiger partial charge in [0.1, 0.15) is 22.9 Å². The highest BCUT2D eigenvalue weighted by Crippen LogP contribution is 2.46. The molecule has 1 heterocycles. The molecule has 5 rings (SSSR count). The summed E-state index contributed by atoms with van der Waals surface area (Å²) < 4.78 is 39.8. The largest absolute Gasteiger partial charge is 0.740 e. The van der Waals surface area contributed by atoms with E-state index in [1.165, 1.54) is 12.1 Å². The van der Waals surface area contributed by atoms with E-state index < -0.39 is 17.5 Å². The van der Waals surface area contributed by atoms with Gasteiger partial charge in [-0.25, -0.2) is 8.60 Å². The van der Waals surface area contributed by atoms with Crippen molar-refractivity contribution in [1.29, 1.82) is 0 Å². The van der Waals surface area contributed by atoms with Gasteiger partial charge in [-0.05, 0) is 71.5 Å². The van der Waals surface area contributed by atoms with Crippen molar-refractivity contribution in [3.8, 4) is 16.9 Å². The van der Waals surface area contributed by atoms with E-state index in [1.54, 1.807) is 35.2 Å². The van der Waals surface area contributed by atoms with E-state index in [1.807, 2.05) is 60.7 Å². The maximum absolute atomic E-state index is 13.3. The Hall–Kier alpha value is -3.85. The molecule has 6 nitrogen and oxygen atoms in total. The lowest BCUT2D eigenvalue weighted by Crippen LogP contribution is -2.55. The van der Waals surface area contributed by atoms with Crippen LogP contribution in [0.5, 0.6) is 5.75 Å². The van der Waals surface area contributed by atoms with Crippen molar-refractivity contribution >= 4 is 23.0 Å². The number of para-hydroxylation sites is 1. The average Bonchev–Trinajstić information content (AvgIpc) is 2.92. The Morgan fingerprint density at radius 2 is 1.63 bits per heavy atom. The Balaban J connectivity index is 1.38. The number of nitrogens with zero attached hydrogens (tertiary/aromatic N) is 1. The van der Waals surface area contributed by atoms with Crippen molar-refractivity contribution in [2.45, 2.75) is 25.0 Å². The number of hydrogen-bond acceptors (Lipinski definition) is 5. The number of halogens is 1. The fraction of sp³-hybridized carbons (Fsp3) is 0.167. The second-order valence-electron chi connectivity index (χ2n) is 9.18. The van der Waals surface area contributed by atoms with Gasteiger partial charge in [-0.1, -0.05) is 66.7 Å². The molecule has 4 aromatic carbocycles. The Morgan fingerprint density at radius 3 is 2.32 bits per heavy atom. The van der Waals surface area contributed by atoms with Crippen LogP contribution in [0.3, 0.4) is 0 Å². The third-order valence-electron chi connectivity index (χ3n) is 6.84. The number of aliphatic hydroxyl groups is 1. The summed E-state index contributed by atoms with van der Waals surface area (Å²) in [5.74, 6) is -0.469. The van der Waals surface area contributed by atoms with Gasteiger partial charge in [0.15, 0.2) is 0 Å². The zero-order chi connectivity index (χ0) is 26.6. The van der Waals surface area contributed by atoms with E-state index in [0.29, 0.717) is 18.4 Å². The molecule has 0 saturated carbocycles. The summed E-state index contributed by atoms with van der Waals surface area (Å²) in [5, 5.41) is 10.6. The Kier molecular flexibility index (Phi) is 7.64. The van der Waals surface area contributed by atoms with Gasteiger partial charge in [-0.2, -0.15) is 0 Å². The lowest BCUT2D eigenvalue weighted by Gasteiger charge is -2.48. The second kappa shape index (κ2) is 11.3. The maximum atomic E-state index is 13.3. The zero-order valence-corrected chi connectivity index (χ0v) is 21.1. The first-order valence-corrected chi connectivity index (χ1v) is 13.2. The molecule has 1 fully saturated rings. The SMILES string of the molecule is O=C1[C@H](CC[C@H](O)c2ccc(F)cc2)[C@@H](c2ccc(-c3cccc(OS(=O)[O-])c3)cc2)N1c1ccccc1. The quantitative estimate of drug-likeness (QED) is 0.216. The molecule has 0 bridgehead atoms. The molecule has 0 radical (unpaired) electrons. The van der Waals surface area contributed by atoms with Crippen LogP contribution in [-0.4, -0.2) is 19.8 Å². The fourth-order valence-electron chi connectivity index (χ4n) is 4.96. The normalized spacial score (nSPS) is 18.5. The molecule has 1 aliphatic rings. The van der Waals surface area contributed by atoms with Crippen molar-refractivity contribution in [3.63, 3.8) is 0 Å². The van der Waals surface area contributed by atoms with Gasteiger partial charge >= 0.3 is 0 Å². The van der Waals surface area contributed by atoms with E-state index in [2.05, 4.69) is 0 Å². The number of β-lactam (4-membered cyclic amide) rings is 1. The molecule has 1 N–H and O–H groups in total. The van der Waals surface area contributed by atoms with Crippen LogP contribution in [-0.2, 0) is 16.2 Å². The van der Waals surface area contributed by atoms with Gasteiger partial charge in [0.05, 0.1) is 18.1 Å².